The van der Waals surface area contributed by atoms with Gasteiger partial charge in [-0.05, 0) is 25.0 Å². The molecule has 1 aromatic rings. The molecule has 16 heavy (non-hydrogen) atoms. The molecule has 0 amide bonds. The van der Waals surface area contributed by atoms with Gasteiger partial charge in [0.15, 0.2) is 0 Å². The van der Waals surface area contributed by atoms with E-state index >= 15 is 0 Å². The lowest BCUT2D eigenvalue weighted by Gasteiger charge is -2.25. The Labute approximate surface area is 97.0 Å². The van der Waals surface area contributed by atoms with E-state index in [1.807, 2.05) is 12.1 Å². The van der Waals surface area contributed by atoms with Crippen molar-refractivity contribution in [1.82, 2.24) is 4.98 Å². The molecule has 0 atom stereocenters. The summed E-state index contributed by atoms with van der Waals surface area (Å²) < 4.78 is 0. The van der Waals surface area contributed by atoms with E-state index in [0.29, 0.717) is 5.69 Å². The highest BCUT2D eigenvalue weighted by Crippen LogP contribution is 2.18. The third kappa shape index (κ3) is 2.95. The molecule has 3 N–H and O–H groups in total. The number of rotatable bonds is 6. The first-order chi connectivity index (χ1) is 7.70. The minimum absolute atomic E-state index is 0.0350. The van der Waals surface area contributed by atoms with E-state index in [1.54, 1.807) is 6.20 Å². The first-order valence-corrected chi connectivity index (χ1v) is 5.75. The average Bonchev–Trinajstić information content (AvgIpc) is 2.29. The summed E-state index contributed by atoms with van der Waals surface area (Å²) in [6.07, 6.45) is 3.83. The number of nitrogens with one attached hydrogen (secondary N) is 1. The standard InChI is InChI=1S/C12H20N4/c1-3-8-16(9-4-2)10-6-5-7-15-11(10)12(13)14/h5-7H,3-4,8-9H2,1-2H3,(H3,13,14). The van der Waals surface area contributed by atoms with Crippen LogP contribution in [-0.4, -0.2) is 23.9 Å². The lowest BCUT2D eigenvalue weighted by atomic mass is 10.2. The average molecular weight is 220 g/mol. The highest BCUT2D eigenvalue weighted by molar-refractivity contribution is 5.98. The van der Waals surface area contributed by atoms with Gasteiger partial charge in [-0.2, -0.15) is 0 Å². The zero-order valence-corrected chi connectivity index (χ0v) is 10.0. The molecule has 0 bridgehead atoms. The van der Waals surface area contributed by atoms with Crippen molar-refractivity contribution in [3.05, 3.63) is 24.0 Å². The minimum Gasteiger partial charge on any atom is -0.382 e. The molecule has 0 aromatic carbocycles. The Balaban J connectivity index is 3.02. The number of anilines is 1. The van der Waals surface area contributed by atoms with Gasteiger partial charge in [0.05, 0.1) is 5.69 Å². The van der Waals surface area contributed by atoms with E-state index in [9.17, 15) is 0 Å². The van der Waals surface area contributed by atoms with Crippen molar-refractivity contribution in [1.29, 1.82) is 5.41 Å². The van der Waals surface area contributed by atoms with Crippen molar-refractivity contribution in [3.63, 3.8) is 0 Å². The summed E-state index contributed by atoms with van der Waals surface area (Å²) in [6, 6.07) is 3.87. The van der Waals surface area contributed by atoms with Crippen LogP contribution in [0.3, 0.4) is 0 Å². The van der Waals surface area contributed by atoms with Gasteiger partial charge in [-0.1, -0.05) is 13.8 Å². The molecule has 0 fully saturated rings. The fraction of sp³-hybridized carbons (Fsp3) is 0.500. The number of nitrogen functional groups attached to an aromatic ring is 1. The Kier molecular flexibility index (Phi) is 4.76. The second-order valence-corrected chi connectivity index (χ2v) is 3.77. The molecule has 0 saturated carbocycles. The Bertz CT molecular complexity index is 343. The minimum atomic E-state index is 0.0350. The highest BCUT2D eigenvalue weighted by atomic mass is 15.1. The lowest BCUT2D eigenvalue weighted by molar-refractivity contribution is 0.742. The van der Waals surface area contributed by atoms with E-state index in [0.717, 1.165) is 31.6 Å². The van der Waals surface area contributed by atoms with Gasteiger partial charge >= 0.3 is 0 Å². The van der Waals surface area contributed by atoms with Gasteiger partial charge in [0.1, 0.15) is 11.5 Å². The van der Waals surface area contributed by atoms with Gasteiger partial charge in [-0.25, -0.2) is 0 Å². The fourth-order valence-electron chi connectivity index (χ4n) is 1.75. The number of nitrogens with zero attached hydrogens (tertiary/aromatic N) is 2. The molecule has 1 heterocycles. The van der Waals surface area contributed by atoms with E-state index in [4.69, 9.17) is 11.1 Å². The molecule has 0 aliphatic heterocycles. The number of nitrogens with two attached hydrogens (primary N) is 1. The van der Waals surface area contributed by atoms with Crippen LogP contribution in [-0.2, 0) is 0 Å². The normalized spacial score (nSPS) is 10.1. The molecule has 88 valence electrons. The zero-order chi connectivity index (χ0) is 12.0. The van der Waals surface area contributed by atoms with Crippen LogP contribution in [0.4, 0.5) is 5.69 Å². The van der Waals surface area contributed by atoms with Gasteiger partial charge in [0.2, 0.25) is 0 Å². The molecular weight excluding hydrogens is 200 g/mol. The Hall–Kier alpha value is -1.58. The lowest BCUT2D eigenvalue weighted by Crippen LogP contribution is -2.28. The predicted octanol–water partition coefficient (Wildman–Crippen LogP) is 1.99. The molecule has 1 rings (SSSR count). The maximum atomic E-state index is 7.52. The summed E-state index contributed by atoms with van der Waals surface area (Å²) in [7, 11) is 0. The zero-order valence-electron chi connectivity index (χ0n) is 10.0. The van der Waals surface area contributed by atoms with Crippen molar-refractivity contribution in [3.8, 4) is 0 Å². The smallest absolute Gasteiger partial charge is 0.143 e. The van der Waals surface area contributed by atoms with Gasteiger partial charge < -0.3 is 10.6 Å². The summed E-state index contributed by atoms with van der Waals surface area (Å²) in [4.78, 5) is 6.41. The number of hydrogen-bond donors (Lipinski definition) is 2. The van der Waals surface area contributed by atoms with Crippen LogP contribution in [0.25, 0.3) is 0 Å². The second-order valence-electron chi connectivity index (χ2n) is 3.77. The highest BCUT2D eigenvalue weighted by Gasteiger charge is 2.12. The topological polar surface area (TPSA) is 66.0 Å². The van der Waals surface area contributed by atoms with E-state index in [2.05, 4.69) is 23.7 Å². The first-order valence-electron chi connectivity index (χ1n) is 5.75. The third-order valence-electron chi connectivity index (χ3n) is 2.37. The molecule has 0 aliphatic carbocycles. The van der Waals surface area contributed by atoms with Crippen LogP contribution in [0.5, 0.6) is 0 Å². The van der Waals surface area contributed by atoms with Gasteiger partial charge in [-0.15, -0.1) is 0 Å². The molecule has 4 nitrogen and oxygen atoms in total. The Morgan fingerprint density at radius 3 is 2.50 bits per heavy atom. The summed E-state index contributed by atoms with van der Waals surface area (Å²) in [5.74, 6) is 0.0350. The molecule has 0 radical (unpaired) electrons. The fourth-order valence-corrected chi connectivity index (χ4v) is 1.75. The van der Waals surface area contributed by atoms with Gasteiger partial charge in [-0.3, -0.25) is 10.4 Å². The molecule has 0 spiro atoms. The van der Waals surface area contributed by atoms with E-state index < -0.39 is 0 Å². The molecule has 0 aliphatic rings. The first kappa shape index (κ1) is 12.5. The van der Waals surface area contributed by atoms with Crippen molar-refractivity contribution in [2.45, 2.75) is 26.7 Å². The van der Waals surface area contributed by atoms with Gasteiger partial charge in [0, 0.05) is 19.3 Å². The van der Waals surface area contributed by atoms with Crippen LogP contribution in [0.1, 0.15) is 32.4 Å². The van der Waals surface area contributed by atoms with Crippen molar-refractivity contribution < 1.29 is 0 Å². The van der Waals surface area contributed by atoms with Crippen molar-refractivity contribution in [2.75, 3.05) is 18.0 Å². The Morgan fingerprint density at radius 2 is 2.00 bits per heavy atom. The molecule has 0 saturated heterocycles. The van der Waals surface area contributed by atoms with Crippen molar-refractivity contribution >= 4 is 11.5 Å². The quantitative estimate of drug-likeness (QED) is 0.569. The van der Waals surface area contributed by atoms with Crippen LogP contribution < -0.4 is 10.6 Å². The predicted molar refractivity (Wildman–Crippen MR) is 68.0 cm³/mol. The second kappa shape index (κ2) is 6.10. The largest absolute Gasteiger partial charge is 0.382 e. The van der Waals surface area contributed by atoms with Gasteiger partial charge in [0.25, 0.3) is 0 Å². The van der Waals surface area contributed by atoms with E-state index in [-0.39, 0.29) is 5.84 Å². The summed E-state index contributed by atoms with van der Waals surface area (Å²) in [5.41, 5.74) is 7.10. The molecule has 1 aromatic heterocycles. The molecule has 0 unspecified atom stereocenters. The SMILES string of the molecule is CCCN(CCC)c1cccnc1C(=N)N. The van der Waals surface area contributed by atoms with Crippen LogP contribution >= 0.6 is 0 Å². The van der Waals surface area contributed by atoms with Crippen LogP contribution in [0.15, 0.2) is 18.3 Å². The van der Waals surface area contributed by atoms with Crippen molar-refractivity contribution in [2.24, 2.45) is 5.73 Å². The monoisotopic (exact) mass is 220 g/mol. The molecule has 4 heteroatoms. The van der Waals surface area contributed by atoms with E-state index in [1.165, 1.54) is 0 Å². The number of hydrogen-bond acceptors (Lipinski definition) is 3. The number of pyridine rings is 1. The number of amidine groups is 1. The third-order valence-corrected chi connectivity index (χ3v) is 2.37. The summed E-state index contributed by atoms with van der Waals surface area (Å²) >= 11 is 0. The Morgan fingerprint density at radius 1 is 1.38 bits per heavy atom. The number of aromatic nitrogens is 1. The summed E-state index contributed by atoms with van der Waals surface area (Å²) in [5, 5.41) is 7.52. The maximum absolute atomic E-state index is 7.52. The maximum Gasteiger partial charge on any atom is 0.143 e. The van der Waals surface area contributed by atoms with Crippen LogP contribution in [0.2, 0.25) is 0 Å². The van der Waals surface area contributed by atoms with Crippen LogP contribution in [0, 0.1) is 5.41 Å². The molecular formula is C12H20N4. The summed E-state index contributed by atoms with van der Waals surface area (Å²) in [6.45, 7) is 6.23.